The Hall–Kier alpha value is -2.92. The lowest BCUT2D eigenvalue weighted by atomic mass is 9.97. The molecule has 0 radical (unpaired) electrons. The first-order chi connectivity index (χ1) is 13.3. The molecule has 0 spiro atoms. The summed E-state index contributed by atoms with van der Waals surface area (Å²) in [5.41, 5.74) is 6.65. The quantitative estimate of drug-likeness (QED) is 0.778. The number of rotatable bonds is 6. The molecular formula is C23H26N2O3. The van der Waals surface area contributed by atoms with Gasteiger partial charge in [-0.3, -0.25) is 14.5 Å². The number of nitrogens with one attached hydrogen (secondary N) is 1. The molecule has 0 atom stereocenters. The van der Waals surface area contributed by atoms with Crippen LogP contribution in [0.2, 0.25) is 0 Å². The van der Waals surface area contributed by atoms with Crippen molar-refractivity contribution in [3.05, 3.63) is 69.9 Å². The number of anilines is 1. The molecule has 3 rings (SSSR count). The minimum Gasteiger partial charge on any atom is -0.383 e. The molecule has 0 saturated heterocycles. The molecule has 2 amide bonds. The van der Waals surface area contributed by atoms with Gasteiger partial charge < -0.3 is 10.1 Å². The Kier molecular flexibility index (Phi) is 5.66. The van der Waals surface area contributed by atoms with Crippen molar-refractivity contribution in [1.29, 1.82) is 0 Å². The number of benzene rings is 2. The highest BCUT2D eigenvalue weighted by Crippen LogP contribution is 2.32. The molecule has 28 heavy (non-hydrogen) atoms. The number of carbonyl (C=O) groups excluding carboxylic acids is 2. The van der Waals surface area contributed by atoms with Crippen molar-refractivity contribution in [3.8, 4) is 0 Å². The average molecular weight is 378 g/mol. The van der Waals surface area contributed by atoms with E-state index in [1.165, 1.54) is 10.5 Å². The van der Waals surface area contributed by atoms with E-state index in [1.54, 1.807) is 7.11 Å². The Balaban J connectivity index is 2.09. The van der Waals surface area contributed by atoms with Gasteiger partial charge in [-0.25, -0.2) is 0 Å². The lowest BCUT2D eigenvalue weighted by molar-refractivity contribution is -0.137. The van der Waals surface area contributed by atoms with Gasteiger partial charge in [0, 0.05) is 12.8 Å². The predicted octanol–water partition coefficient (Wildman–Crippen LogP) is 3.76. The van der Waals surface area contributed by atoms with E-state index >= 15 is 0 Å². The van der Waals surface area contributed by atoms with Gasteiger partial charge in [0.2, 0.25) is 0 Å². The molecule has 146 valence electrons. The second kappa shape index (κ2) is 7.98. The summed E-state index contributed by atoms with van der Waals surface area (Å²) in [6.45, 7) is 8.54. The van der Waals surface area contributed by atoms with Crippen LogP contribution >= 0.6 is 0 Å². The van der Waals surface area contributed by atoms with Crippen LogP contribution in [0.5, 0.6) is 0 Å². The van der Waals surface area contributed by atoms with Crippen LogP contribution in [0.1, 0.15) is 27.8 Å². The van der Waals surface area contributed by atoms with Gasteiger partial charge in [0.15, 0.2) is 0 Å². The monoisotopic (exact) mass is 378 g/mol. The third-order valence-corrected chi connectivity index (χ3v) is 5.11. The van der Waals surface area contributed by atoms with Gasteiger partial charge in [-0.15, -0.1) is 0 Å². The molecule has 5 heteroatoms. The highest BCUT2D eigenvalue weighted by molar-refractivity contribution is 6.36. The smallest absolute Gasteiger partial charge is 0.278 e. The summed E-state index contributed by atoms with van der Waals surface area (Å²) >= 11 is 0. The lowest BCUT2D eigenvalue weighted by Gasteiger charge is -2.15. The van der Waals surface area contributed by atoms with E-state index in [9.17, 15) is 9.59 Å². The van der Waals surface area contributed by atoms with E-state index in [1.807, 2.05) is 64.1 Å². The molecule has 1 heterocycles. The van der Waals surface area contributed by atoms with Crippen LogP contribution in [-0.4, -0.2) is 37.0 Å². The maximum Gasteiger partial charge on any atom is 0.278 e. The Morgan fingerprint density at radius 2 is 1.64 bits per heavy atom. The van der Waals surface area contributed by atoms with Crippen molar-refractivity contribution in [2.75, 3.05) is 25.6 Å². The van der Waals surface area contributed by atoms with Crippen LogP contribution in [0.25, 0.3) is 5.57 Å². The van der Waals surface area contributed by atoms with Crippen molar-refractivity contribution in [2.45, 2.75) is 27.7 Å². The van der Waals surface area contributed by atoms with E-state index in [4.69, 9.17) is 4.74 Å². The third kappa shape index (κ3) is 3.71. The Morgan fingerprint density at radius 3 is 2.29 bits per heavy atom. The molecule has 0 fully saturated rings. The summed E-state index contributed by atoms with van der Waals surface area (Å²) in [5, 5.41) is 3.21. The van der Waals surface area contributed by atoms with Crippen molar-refractivity contribution in [3.63, 3.8) is 0 Å². The van der Waals surface area contributed by atoms with Gasteiger partial charge in [-0.2, -0.15) is 0 Å². The first-order valence-electron chi connectivity index (χ1n) is 9.34. The van der Waals surface area contributed by atoms with Gasteiger partial charge in [-0.1, -0.05) is 29.8 Å². The second-order valence-electron chi connectivity index (χ2n) is 7.25. The number of ether oxygens (including phenoxy) is 1. The topological polar surface area (TPSA) is 58.6 Å². The number of imide groups is 1. The zero-order valence-electron chi connectivity index (χ0n) is 17.1. The Morgan fingerprint density at radius 1 is 0.893 bits per heavy atom. The number of methoxy groups -OCH3 is 1. The second-order valence-corrected chi connectivity index (χ2v) is 7.25. The van der Waals surface area contributed by atoms with E-state index in [2.05, 4.69) is 5.32 Å². The van der Waals surface area contributed by atoms with E-state index in [-0.39, 0.29) is 18.4 Å². The number of amides is 2. The molecule has 1 N–H and O–H groups in total. The van der Waals surface area contributed by atoms with Crippen molar-refractivity contribution < 1.29 is 14.3 Å². The Labute approximate surface area is 166 Å². The van der Waals surface area contributed by atoms with Crippen molar-refractivity contribution in [2.24, 2.45) is 0 Å². The van der Waals surface area contributed by atoms with Crippen LogP contribution in [-0.2, 0) is 14.3 Å². The molecule has 5 nitrogen and oxygen atoms in total. The Bertz CT molecular complexity index is 976. The van der Waals surface area contributed by atoms with E-state index in [0.717, 1.165) is 27.9 Å². The largest absolute Gasteiger partial charge is 0.383 e. The maximum absolute atomic E-state index is 13.1. The first-order valence-corrected chi connectivity index (χ1v) is 9.34. The van der Waals surface area contributed by atoms with Crippen LogP contribution in [0.15, 0.2) is 42.1 Å². The first kappa shape index (κ1) is 19.8. The number of aryl methyl sites for hydroxylation is 4. The molecule has 0 aliphatic carbocycles. The minimum atomic E-state index is -0.324. The molecule has 0 aromatic heterocycles. The zero-order chi connectivity index (χ0) is 20.4. The van der Waals surface area contributed by atoms with Crippen LogP contribution in [0.3, 0.4) is 0 Å². The van der Waals surface area contributed by atoms with Crippen LogP contribution in [0, 0.1) is 27.7 Å². The molecule has 0 unspecified atom stereocenters. The zero-order valence-corrected chi connectivity index (χ0v) is 17.1. The average Bonchev–Trinajstić information content (AvgIpc) is 2.87. The number of hydrogen-bond donors (Lipinski definition) is 1. The van der Waals surface area contributed by atoms with Gasteiger partial charge in [0.25, 0.3) is 11.8 Å². The van der Waals surface area contributed by atoms with Crippen molar-refractivity contribution in [1.82, 2.24) is 4.90 Å². The van der Waals surface area contributed by atoms with E-state index in [0.29, 0.717) is 17.9 Å². The molecule has 2 aromatic carbocycles. The highest BCUT2D eigenvalue weighted by atomic mass is 16.5. The standard InChI is InChI=1S/C23H26N2O3/c1-14-6-9-19(17(4)12-14)20-21(23(27)25(22(20)26)10-11-28-5)24-18-8-7-15(2)16(3)13-18/h6-9,12-13,24H,10-11H2,1-5H3. The molecule has 0 saturated carbocycles. The summed E-state index contributed by atoms with van der Waals surface area (Å²) in [6, 6.07) is 11.8. The van der Waals surface area contributed by atoms with Gasteiger partial charge in [-0.05, 0) is 62.1 Å². The number of carbonyl (C=O) groups is 2. The highest BCUT2D eigenvalue weighted by Gasteiger charge is 2.39. The number of nitrogens with zero attached hydrogens (tertiary/aromatic N) is 1. The molecule has 0 bridgehead atoms. The SMILES string of the molecule is COCCN1C(=O)C(Nc2ccc(C)c(C)c2)=C(c2ccc(C)cc2C)C1=O. The van der Waals surface area contributed by atoms with Gasteiger partial charge >= 0.3 is 0 Å². The summed E-state index contributed by atoms with van der Waals surface area (Å²) in [5.74, 6) is -0.615. The normalized spacial score (nSPS) is 14.2. The third-order valence-electron chi connectivity index (χ3n) is 5.11. The molecule has 1 aliphatic rings. The summed E-state index contributed by atoms with van der Waals surface area (Å²) in [4.78, 5) is 27.5. The molecule has 1 aliphatic heterocycles. The molecule has 2 aromatic rings. The van der Waals surface area contributed by atoms with E-state index < -0.39 is 0 Å². The maximum atomic E-state index is 13.1. The lowest BCUT2D eigenvalue weighted by Crippen LogP contribution is -2.35. The summed E-state index contributed by atoms with van der Waals surface area (Å²) < 4.78 is 5.08. The summed E-state index contributed by atoms with van der Waals surface area (Å²) in [6.07, 6.45) is 0. The number of hydrogen-bond acceptors (Lipinski definition) is 4. The minimum absolute atomic E-state index is 0.223. The van der Waals surface area contributed by atoms with Gasteiger partial charge in [0.1, 0.15) is 5.70 Å². The summed E-state index contributed by atoms with van der Waals surface area (Å²) in [7, 11) is 1.55. The fourth-order valence-corrected chi connectivity index (χ4v) is 3.39. The predicted molar refractivity (Wildman–Crippen MR) is 111 cm³/mol. The van der Waals surface area contributed by atoms with Crippen LogP contribution < -0.4 is 5.32 Å². The van der Waals surface area contributed by atoms with Crippen LogP contribution in [0.4, 0.5) is 5.69 Å². The van der Waals surface area contributed by atoms with Gasteiger partial charge in [0.05, 0.1) is 18.7 Å². The fraction of sp³-hybridized carbons (Fsp3) is 0.304. The fourth-order valence-electron chi connectivity index (χ4n) is 3.39. The molecular weight excluding hydrogens is 352 g/mol. The van der Waals surface area contributed by atoms with Crippen molar-refractivity contribution >= 4 is 23.1 Å².